The van der Waals surface area contributed by atoms with Gasteiger partial charge in [-0.15, -0.1) is 0 Å². The Morgan fingerprint density at radius 2 is 1.82 bits per heavy atom. The molecule has 0 amide bonds. The van der Waals surface area contributed by atoms with Crippen LogP contribution >= 0.6 is 0 Å². The van der Waals surface area contributed by atoms with Crippen LogP contribution in [0, 0.1) is 5.92 Å². The molecule has 0 aromatic heterocycles. The lowest BCUT2D eigenvalue weighted by Gasteiger charge is -2.24. The van der Waals surface area contributed by atoms with Crippen LogP contribution in [0.5, 0.6) is 0 Å². The van der Waals surface area contributed by atoms with Crippen molar-refractivity contribution in [3.05, 3.63) is 35.4 Å². The van der Waals surface area contributed by atoms with Gasteiger partial charge in [-0.3, -0.25) is 4.99 Å². The summed E-state index contributed by atoms with van der Waals surface area (Å²) < 4.78 is 38.4. The number of rotatable bonds is 5. The molecule has 3 N–H and O–H groups in total. The highest BCUT2D eigenvalue weighted by molar-refractivity contribution is 5.77. The van der Waals surface area contributed by atoms with Gasteiger partial charge in [0.2, 0.25) is 0 Å². The molecule has 0 radical (unpaired) electrons. The van der Waals surface area contributed by atoms with Crippen molar-refractivity contribution in [1.29, 1.82) is 0 Å². The average Bonchev–Trinajstić information content (AvgIpc) is 2.42. The zero-order chi connectivity index (χ0) is 17.0. The van der Waals surface area contributed by atoms with E-state index in [0.717, 1.165) is 6.07 Å². The molecule has 0 atom stereocenters. The summed E-state index contributed by atoms with van der Waals surface area (Å²) in [7, 11) is 0. The van der Waals surface area contributed by atoms with Crippen LogP contribution in [-0.4, -0.2) is 19.0 Å². The lowest BCUT2D eigenvalue weighted by atomic mass is 9.84. The molecular weight excluding hydrogens is 291 g/mol. The van der Waals surface area contributed by atoms with E-state index in [4.69, 9.17) is 5.73 Å². The van der Waals surface area contributed by atoms with E-state index in [1.165, 1.54) is 12.1 Å². The molecule has 1 rings (SSSR count). The molecule has 0 saturated carbocycles. The zero-order valence-electron chi connectivity index (χ0n) is 13.5. The summed E-state index contributed by atoms with van der Waals surface area (Å²) in [5, 5.41) is 2.99. The second kappa shape index (κ2) is 7.03. The summed E-state index contributed by atoms with van der Waals surface area (Å²) in [6.07, 6.45) is -4.34. The molecule has 1 aromatic rings. The fourth-order valence-corrected chi connectivity index (χ4v) is 1.86. The summed E-state index contributed by atoms with van der Waals surface area (Å²) in [5.74, 6) is 0.749. The van der Waals surface area contributed by atoms with Gasteiger partial charge in [-0.2, -0.15) is 13.2 Å². The van der Waals surface area contributed by atoms with Crippen LogP contribution in [0.15, 0.2) is 29.3 Å². The highest BCUT2D eigenvalue weighted by Crippen LogP contribution is 2.32. The van der Waals surface area contributed by atoms with Crippen LogP contribution in [0.1, 0.15) is 38.8 Å². The predicted molar refractivity (Wildman–Crippen MR) is 83.8 cm³/mol. The summed E-state index contributed by atoms with van der Waals surface area (Å²) in [4.78, 5) is 4.24. The van der Waals surface area contributed by atoms with Crippen LogP contribution in [0.2, 0.25) is 0 Å². The monoisotopic (exact) mass is 315 g/mol. The molecule has 124 valence electrons. The maximum atomic E-state index is 12.8. The number of halogens is 3. The average molecular weight is 315 g/mol. The fourth-order valence-electron chi connectivity index (χ4n) is 1.86. The fraction of sp³-hybridized carbons (Fsp3) is 0.562. The van der Waals surface area contributed by atoms with E-state index >= 15 is 0 Å². The van der Waals surface area contributed by atoms with Gasteiger partial charge in [0, 0.05) is 12.0 Å². The number of guanidine groups is 1. The van der Waals surface area contributed by atoms with Gasteiger partial charge in [0.15, 0.2) is 5.96 Å². The summed E-state index contributed by atoms with van der Waals surface area (Å²) >= 11 is 0. The summed E-state index contributed by atoms with van der Waals surface area (Å²) in [6.45, 7) is 8.81. The Hall–Kier alpha value is -1.72. The number of hydrogen-bond donors (Lipinski definition) is 2. The van der Waals surface area contributed by atoms with E-state index in [1.54, 1.807) is 6.07 Å². The van der Waals surface area contributed by atoms with Gasteiger partial charge in [-0.25, -0.2) is 0 Å². The van der Waals surface area contributed by atoms with E-state index in [1.807, 2.05) is 27.7 Å². The van der Waals surface area contributed by atoms with Crippen LogP contribution in [0.3, 0.4) is 0 Å². The van der Waals surface area contributed by atoms with Crippen molar-refractivity contribution < 1.29 is 13.2 Å². The van der Waals surface area contributed by atoms with E-state index in [0.29, 0.717) is 30.5 Å². The van der Waals surface area contributed by atoms with Crippen molar-refractivity contribution in [3.63, 3.8) is 0 Å². The number of aliphatic imine (C=N–C) groups is 1. The third kappa shape index (κ3) is 5.58. The normalized spacial score (nSPS) is 13.5. The van der Waals surface area contributed by atoms with Gasteiger partial charge >= 0.3 is 6.18 Å². The molecule has 3 nitrogen and oxygen atoms in total. The first-order chi connectivity index (χ1) is 10.0. The molecule has 0 aliphatic carbocycles. The Morgan fingerprint density at radius 3 is 2.36 bits per heavy atom. The number of hydrogen-bond acceptors (Lipinski definition) is 1. The Balaban J connectivity index is 2.84. The Labute approximate surface area is 129 Å². The lowest BCUT2D eigenvalue weighted by molar-refractivity contribution is -0.137. The van der Waals surface area contributed by atoms with E-state index in [2.05, 4.69) is 10.3 Å². The van der Waals surface area contributed by atoms with Crippen molar-refractivity contribution in [1.82, 2.24) is 5.32 Å². The highest BCUT2D eigenvalue weighted by atomic mass is 19.4. The second-order valence-corrected chi connectivity index (χ2v) is 6.44. The molecule has 6 heteroatoms. The number of nitrogens with two attached hydrogens (primary N) is 1. The third-order valence-corrected chi connectivity index (χ3v) is 3.31. The quantitative estimate of drug-likeness (QED) is 0.645. The smallest absolute Gasteiger partial charge is 0.370 e. The zero-order valence-corrected chi connectivity index (χ0v) is 13.5. The van der Waals surface area contributed by atoms with Gasteiger partial charge in [0.25, 0.3) is 0 Å². The van der Waals surface area contributed by atoms with Gasteiger partial charge in [-0.1, -0.05) is 45.9 Å². The maximum absolute atomic E-state index is 12.8. The topological polar surface area (TPSA) is 50.4 Å². The number of alkyl halides is 3. The molecule has 0 fully saturated rings. The van der Waals surface area contributed by atoms with Crippen LogP contribution in [-0.2, 0) is 11.6 Å². The molecule has 0 aliphatic rings. The largest absolute Gasteiger partial charge is 0.416 e. The molecule has 0 bridgehead atoms. The number of nitrogens with zero attached hydrogens (tertiary/aromatic N) is 1. The number of nitrogens with one attached hydrogen (secondary N) is 1. The van der Waals surface area contributed by atoms with Crippen molar-refractivity contribution in [2.24, 2.45) is 16.6 Å². The standard InChI is InChI=1S/C16H24F3N3/c1-11(2)9-21-14(20)22-10-15(3,4)12-6-5-7-13(8-12)16(17,18)19/h5-8,11H,9-10H2,1-4H3,(H3,20,21,22). The van der Waals surface area contributed by atoms with Crippen LogP contribution in [0.4, 0.5) is 13.2 Å². The van der Waals surface area contributed by atoms with Gasteiger partial charge in [0.1, 0.15) is 0 Å². The summed E-state index contributed by atoms with van der Waals surface area (Å²) in [5.41, 5.74) is 5.17. The minimum absolute atomic E-state index is 0.311. The van der Waals surface area contributed by atoms with E-state index in [9.17, 15) is 13.2 Å². The van der Waals surface area contributed by atoms with E-state index in [-0.39, 0.29) is 0 Å². The highest BCUT2D eigenvalue weighted by Gasteiger charge is 2.32. The predicted octanol–water partition coefficient (Wildman–Crippen LogP) is 3.54. The minimum atomic E-state index is -4.34. The Kier molecular flexibility index (Phi) is 5.85. The second-order valence-electron chi connectivity index (χ2n) is 6.44. The molecule has 1 aromatic carbocycles. The van der Waals surface area contributed by atoms with Crippen molar-refractivity contribution in [2.45, 2.75) is 39.3 Å². The minimum Gasteiger partial charge on any atom is -0.370 e. The maximum Gasteiger partial charge on any atom is 0.416 e. The molecule has 22 heavy (non-hydrogen) atoms. The SMILES string of the molecule is CC(C)CNC(N)=NCC(C)(C)c1cccc(C(F)(F)F)c1. The van der Waals surface area contributed by atoms with Crippen molar-refractivity contribution in [3.8, 4) is 0 Å². The van der Waals surface area contributed by atoms with Crippen molar-refractivity contribution in [2.75, 3.05) is 13.1 Å². The third-order valence-electron chi connectivity index (χ3n) is 3.31. The molecule has 0 aliphatic heterocycles. The van der Waals surface area contributed by atoms with Gasteiger partial charge in [-0.05, 0) is 17.5 Å². The first-order valence-corrected chi connectivity index (χ1v) is 7.24. The number of benzene rings is 1. The molecule has 0 saturated heterocycles. The molecule has 0 unspecified atom stereocenters. The first-order valence-electron chi connectivity index (χ1n) is 7.24. The molecular formula is C16H24F3N3. The Morgan fingerprint density at radius 1 is 1.23 bits per heavy atom. The molecule has 0 heterocycles. The molecule has 0 spiro atoms. The lowest BCUT2D eigenvalue weighted by Crippen LogP contribution is -2.35. The van der Waals surface area contributed by atoms with Crippen molar-refractivity contribution >= 4 is 5.96 Å². The Bertz CT molecular complexity index is 520. The van der Waals surface area contributed by atoms with Gasteiger partial charge < -0.3 is 11.1 Å². The van der Waals surface area contributed by atoms with Crippen LogP contribution in [0.25, 0.3) is 0 Å². The van der Waals surface area contributed by atoms with Gasteiger partial charge in [0.05, 0.1) is 12.1 Å². The summed E-state index contributed by atoms with van der Waals surface area (Å²) in [6, 6.07) is 5.35. The van der Waals surface area contributed by atoms with Crippen LogP contribution < -0.4 is 11.1 Å². The van der Waals surface area contributed by atoms with E-state index < -0.39 is 17.2 Å². The first kappa shape index (κ1) is 18.3.